The number of carbonyl (C=O) groups excluding carboxylic acids is 1. The van der Waals surface area contributed by atoms with Gasteiger partial charge < -0.3 is 19.4 Å². The Morgan fingerprint density at radius 3 is 2.71 bits per heavy atom. The van der Waals surface area contributed by atoms with Crippen molar-refractivity contribution in [2.45, 2.75) is 44.7 Å². The van der Waals surface area contributed by atoms with Crippen molar-refractivity contribution in [1.29, 1.82) is 0 Å². The van der Waals surface area contributed by atoms with E-state index in [1.165, 1.54) is 0 Å². The Morgan fingerprint density at radius 2 is 2.21 bits per heavy atom. The summed E-state index contributed by atoms with van der Waals surface area (Å²) in [6.45, 7) is 3.33. The first-order valence-corrected chi connectivity index (χ1v) is 4.45. The number of rotatable bonds is 3. The molecule has 0 aromatic carbocycles. The maximum atomic E-state index is 10.6. The second-order valence-electron chi connectivity index (χ2n) is 3.77. The van der Waals surface area contributed by atoms with Crippen LogP contribution in [0.2, 0.25) is 0 Å². The Labute approximate surface area is 82.0 Å². The molecule has 0 aromatic rings. The first-order chi connectivity index (χ1) is 6.43. The fourth-order valence-corrected chi connectivity index (χ4v) is 1.55. The summed E-state index contributed by atoms with van der Waals surface area (Å²) in [6, 6.07) is 0. The number of hydrogen-bond donors (Lipinski definition) is 1. The normalized spacial score (nSPS) is 31.0. The van der Waals surface area contributed by atoms with Crippen LogP contribution in [0.5, 0.6) is 0 Å². The predicted octanol–water partition coefficient (Wildman–Crippen LogP) is 0.570. The lowest BCUT2D eigenvalue weighted by Crippen LogP contribution is -2.45. The van der Waals surface area contributed by atoms with Crippen molar-refractivity contribution in [2.75, 3.05) is 0 Å². The van der Waals surface area contributed by atoms with Gasteiger partial charge in [-0.1, -0.05) is 0 Å². The van der Waals surface area contributed by atoms with E-state index in [1.54, 1.807) is 13.8 Å². The fourth-order valence-electron chi connectivity index (χ4n) is 1.55. The lowest BCUT2D eigenvalue weighted by Gasteiger charge is -2.38. The highest BCUT2D eigenvalue weighted by Gasteiger charge is 2.36. The van der Waals surface area contributed by atoms with Crippen LogP contribution < -0.4 is 0 Å². The van der Waals surface area contributed by atoms with E-state index < -0.39 is 24.0 Å². The van der Waals surface area contributed by atoms with Gasteiger partial charge >= 0.3 is 5.97 Å². The van der Waals surface area contributed by atoms with Gasteiger partial charge in [0.05, 0.1) is 12.5 Å². The second kappa shape index (κ2) is 4.06. The molecule has 80 valence electrons. The number of carboxylic acid groups (broad SMARTS) is 1. The van der Waals surface area contributed by atoms with Crippen molar-refractivity contribution in [3.63, 3.8) is 0 Å². The van der Waals surface area contributed by atoms with Crippen molar-refractivity contribution in [1.82, 2.24) is 0 Å². The first kappa shape index (κ1) is 11.1. The van der Waals surface area contributed by atoms with Crippen molar-refractivity contribution in [2.24, 2.45) is 0 Å². The molecule has 1 aliphatic rings. The van der Waals surface area contributed by atoms with E-state index in [2.05, 4.69) is 0 Å². The molecule has 1 fully saturated rings. The predicted molar refractivity (Wildman–Crippen MR) is 46.8 cm³/mol. The van der Waals surface area contributed by atoms with E-state index in [0.717, 1.165) is 0 Å². The van der Waals surface area contributed by atoms with Gasteiger partial charge in [0.1, 0.15) is 12.4 Å². The van der Waals surface area contributed by atoms with Crippen LogP contribution in [0.1, 0.15) is 26.7 Å². The highest BCUT2D eigenvalue weighted by Crippen LogP contribution is 2.27. The van der Waals surface area contributed by atoms with Crippen molar-refractivity contribution in [3.05, 3.63) is 0 Å². The maximum Gasteiger partial charge on any atom is 0.305 e. The third-order valence-electron chi connectivity index (χ3n) is 1.93. The monoisotopic (exact) mass is 202 g/mol. The Balaban J connectivity index is 2.60. The molecule has 1 rings (SSSR count). The summed E-state index contributed by atoms with van der Waals surface area (Å²) < 4.78 is 10.6. The van der Waals surface area contributed by atoms with E-state index in [9.17, 15) is 9.59 Å². The van der Waals surface area contributed by atoms with Crippen molar-refractivity contribution < 1.29 is 24.2 Å². The third-order valence-corrected chi connectivity index (χ3v) is 1.93. The van der Waals surface area contributed by atoms with Gasteiger partial charge in [0.2, 0.25) is 0 Å². The van der Waals surface area contributed by atoms with Crippen molar-refractivity contribution >= 4 is 12.3 Å². The molecule has 0 saturated carbocycles. The molecule has 5 nitrogen and oxygen atoms in total. The summed E-state index contributed by atoms with van der Waals surface area (Å²) >= 11 is 0. The Bertz CT molecular complexity index is 235. The molecule has 0 amide bonds. The number of carbonyl (C=O) groups is 2. The van der Waals surface area contributed by atoms with Crippen molar-refractivity contribution in [3.8, 4) is 0 Å². The molecule has 0 aromatic heterocycles. The van der Waals surface area contributed by atoms with Crippen LogP contribution in [0.3, 0.4) is 0 Å². The van der Waals surface area contributed by atoms with E-state index >= 15 is 0 Å². The topological polar surface area (TPSA) is 72.8 Å². The molecule has 0 spiro atoms. The van der Waals surface area contributed by atoms with E-state index in [4.69, 9.17) is 14.6 Å². The summed E-state index contributed by atoms with van der Waals surface area (Å²) in [7, 11) is 0. The van der Waals surface area contributed by atoms with E-state index in [0.29, 0.717) is 12.7 Å². The van der Waals surface area contributed by atoms with E-state index in [-0.39, 0.29) is 6.42 Å². The number of carboxylic acids is 1. The molecule has 1 unspecified atom stereocenters. The van der Waals surface area contributed by atoms with Crippen LogP contribution in [-0.4, -0.2) is 35.4 Å². The van der Waals surface area contributed by atoms with Gasteiger partial charge in [-0.2, -0.15) is 0 Å². The lowest BCUT2D eigenvalue weighted by molar-refractivity contribution is -0.291. The lowest BCUT2D eigenvalue weighted by atomic mass is 10.1. The molecule has 0 bridgehead atoms. The summed E-state index contributed by atoms with van der Waals surface area (Å²) in [5, 5.41) is 8.59. The molecule has 1 heterocycles. The van der Waals surface area contributed by atoms with Crippen LogP contribution in [0.15, 0.2) is 0 Å². The van der Waals surface area contributed by atoms with Crippen LogP contribution in [0.4, 0.5) is 0 Å². The zero-order chi connectivity index (χ0) is 10.8. The van der Waals surface area contributed by atoms with Gasteiger partial charge in [0, 0.05) is 6.42 Å². The highest BCUT2D eigenvalue weighted by atomic mass is 16.7. The quantitative estimate of drug-likeness (QED) is 0.677. The second-order valence-corrected chi connectivity index (χ2v) is 3.77. The molecule has 0 aliphatic carbocycles. The van der Waals surface area contributed by atoms with Gasteiger partial charge in [-0.3, -0.25) is 4.79 Å². The fraction of sp³-hybridized carbons (Fsp3) is 0.778. The Hall–Kier alpha value is -0.940. The number of aliphatic carboxylic acids is 1. The van der Waals surface area contributed by atoms with E-state index in [1.807, 2.05) is 0 Å². The van der Waals surface area contributed by atoms with Gasteiger partial charge in [0.25, 0.3) is 0 Å². The molecule has 2 atom stereocenters. The van der Waals surface area contributed by atoms with Crippen LogP contribution >= 0.6 is 0 Å². The average molecular weight is 202 g/mol. The zero-order valence-electron chi connectivity index (χ0n) is 8.23. The number of ether oxygens (including phenoxy) is 2. The highest BCUT2D eigenvalue weighted by molar-refractivity contribution is 5.67. The minimum absolute atomic E-state index is 0.100. The molecule has 1 aliphatic heterocycles. The minimum atomic E-state index is -0.933. The van der Waals surface area contributed by atoms with Crippen LogP contribution in [0, 0.1) is 0 Å². The Morgan fingerprint density at radius 1 is 1.57 bits per heavy atom. The maximum absolute atomic E-state index is 10.6. The Kier molecular flexibility index (Phi) is 3.23. The summed E-state index contributed by atoms with van der Waals surface area (Å²) in [6.07, 6.45) is -0.135. The largest absolute Gasteiger partial charge is 0.481 e. The SMILES string of the molecule is CC1(C)OC(CC(=O)O)C[C@@H](C=O)O1. The molecule has 1 saturated heterocycles. The van der Waals surface area contributed by atoms with Gasteiger partial charge in [0.15, 0.2) is 5.79 Å². The summed E-state index contributed by atoms with van der Waals surface area (Å²) in [4.78, 5) is 21.0. The van der Waals surface area contributed by atoms with Gasteiger partial charge in [-0.05, 0) is 13.8 Å². The molecular weight excluding hydrogens is 188 g/mol. The number of hydrogen-bond acceptors (Lipinski definition) is 4. The zero-order valence-corrected chi connectivity index (χ0v) is 8.23. The van der Waals surface area contributed by atoms with Gasteiger partial charge in [-0.25, -0.2) is 0 Å². The van der Waals surface area contributed by atoms with Gasteiger partial charge in [-0.15, -0.1) is 0 Å². The molecule has 5 heteroatoms. The van der Waals surface area contributed by atoms with Crippen LogP contribution in [-0.2, 0) is 19.1 Å². The smallest absolute Gasteiger partial charge is 0.305 e. The molecular formula is C9H14O5. The molecule has 1 N–H and O–H groups in total. The molecule has 14 heavy (non-hydrogen) atoms. The molecule has 0 radical (unpaired) electrons. The third kappa shape index (κ3) is 3.08. The standard InChI is InChI=1S/C9H14O5/c1-9(2)13-6(4-8(11)12)3-7(5-10)14-9/h5-7H,3-4H2,1-2H3,(H,11,12)/t6?,7-/m0/s1. The van der Waals surface area contributed by atoms with Crippen LogP contribution in [0.25, 0.3) is 0 Å². The minimum Gasteiger partial charge on any atom is -0.481 e. The number of aldehydes is 1. The summed E-state index contributed by atoms with van der Waals surface area (Å²) in [5.41, 5.74) is 0. The first-order valence-electron chi connectivity index (χ1n) is 4.45. The average Bonchev–Trinajstić information content (AvgIpc) is 1.99. The summed E-state index contributed by atoms with van der Waals surface area (Å²) in [5.74, 6) is -1.82.